The van der Waals surface area contributed by atoms with Gasteiger partial charge in [-0.05, 0) is 73.0 Å². The third kappa shape index (κ3) is 4.46. The Morgan fingerprint density at radius 3 is 2.50 bits per heavy atom. The van der Waals surface area contributed by atoms with Crippen LogP contribution in [0.2, 0.25) is 0 Å². The molecule has 2 saturated heterocycles. The van der Waals surface area contributed by atoms with Gasteiger partial charge in [-0.15, -0.1) is 0 Å². The van der Waals surface area contributed by atoms with Gasteiger partial charge in [-0.2, -0.15) is 14.7 Å². The smallest absolute Gasteiger partial charge is 0.243 e. The summed E-state index contributed by atoms with van der Waals surface area (Å²) in [7, 11) is -3.74. The fraction of sp³-hybridized carbons (Fsp3) is 0.357. The third-order valence-electron chi connectivity index (χ3n) is 7.84. The second-order valence-electron chi connectivity index (χ2n) is 10.2. The average Bonchev–Trinajstić information content (AvgIpc) is 3.34. The number of hydrogen-bond donors (Lipinski definition) is 0. The van der Waals surface area contributed by atoms with Crippen LogP contribution in [0.3, 0.4) is 0 Å². The van der Waals surface area contributed by atoms with Crippen LogP contribution >= 0.6 is 0 Å². The third-order valence-corrected chi connectivity index (χ3v) is 9.70. The number of piperidine rings is 1. The molecule has 1 atom stereocenters. The summed E-state index contributed by atoms with van der Waals surface area (Å²) in [6.45, 7) is 4.39. The maximum Gasteiger partial charge on any atom is 0.243 e. The predicted octanol–water partition coefficient (Wildman–Crippen LogP) is 3.24. The molecule has 8 nitrogen and oxygen atoms in total. The zero-order valence-corrected chi connectivity index (χ0v) is 21.7. The van der Waals surface area contributed by atoms with Crippen LogP contribution in [0, 0.1) is 22.6 Å². The maximum atomic E-state index is 13.7. The van der Waals surface area contributed by atoms with Crippen LogP contribution in [0.4, 0.5) is 4.39 Å². The molecule has 1 aliphatic carbocycles. The molecule has 0 spiro atoms. The second kappa shape index (κ2) is 9.75. The summed E-state index contributed by atoms with van der Waals surface area (Å²) in [4.78, 5) is 2.57. The van der Waals surface area contributed by atoms with Gasteiger partial charge in [0, 0.05) is 38.1 Å². The van der Waals surface area contributed by atoms with E-state index in [1.165, 1.54) is 29.8 Å². The van der Waals surface area contributed by atoms with Crippen LogP contribution in [0.5, 0.6) is 0 Å². The first-order chi connectivity index (χ1) is 18.4. The summed E-state index contributed by atoms with van der Waals surface area (Å²) in [6, 6.07) is 14.4. The van der Waals surface area contributed by atoms with E-state index >= 15 is 0 Å². The number of benzene rings is 2. The lowest BCUT2D eigenvalue weighted by molar-refractivity contribution is 0.0153. The van der Waals surface area contributed by atoms with Crippen molar-refractivity contribution in [3.05, 3.63) is 82.9 Å². The van der Waals surface area contributed by atoms with Crippen molar-refractivity contribution in [3.8, 4) is 11.8 Å². The van der Waals surface area contributed by atoms with Crippen molar-refractivity contribution in [2.24, 2.45) is 5.41 Å². The van der Waals surface area contributed by atoms with Gasteiger partial charge in [0.05, 0.1) is 47.3 Å². The summed E-state index contributed by atoms with van der Waals surface area (Å²) in [6.07, 6.45) is 5.28. The molecule has 0 N–H and O–H groups in total. The molecule has 38 heavy (non-hydrogen) atoms. The molecule has 3 aliphatic rings. The van der Waals surface area contributed by atoms with E-state index in [0.29, 0.717) is 44.7 Å². The van der Waals surface area contributed by atoms with Gasteiger partial charge >= 0.3 is 0 Å². The number of morpholine rings is 1. The van der Waals surface area contributed by atoms with Crippen LogP contribution in [0.25, 0.3) is 11.8 Å². The zero-order valence-electron chi connectivity index (χ0n) is 20.9. The minimum absolute atomic E-state index is 0.200. The van der Waals surface area contributed by atoms with E-state index in [1.807, 2.05) is 16.9 Å². The van der Waals surface area contributed by atoms with Crippen molar-refractivity contribution in [3.63, 3.8) is 0 Å². The Balaban J connectivity index is 1.36. The Hall–Kier alpha value is -3.36. The standard InChI is InChI=1S/C28H28FN5O3S/c29-24-3-5-25(6-4-24)34-27-15-23-9-10-33(38(35,36)26-7-1-21(17-30)2-8-26)20-28(23,16-22(27)18-31-34)19-32-11-13-37-14-12-32/h1-8,15,18H,9-14,16,19-20H2. The minimum atomic E-state index is -3.74. The minimum Gasteiger partial charge on any atom is -0.379 e. The number of hydrogen-bond acceptors (Lipinski definition) is 6. The number of ether oxygens (including phenoxy) is 1. The lowest BCUT2D eigenvalue weighted by Crippen LogP contribution is -2.55. The van der Waals surface area contributed by atoms with Crippen molar-refractivity contribution in [2.45, 2.75) is 17.7 Å². The average molecular weight is 534 g/mol. The molecule has 1 unspecified atom stereocenters. The molecule has 3 heterocycles. The van der Waals surface area contributed by atoms with Gasteiger partial charge in [0.1, 0.15) is 5.82 Å². The highest BCUT2D eigenvalue weighted by molar-refractivity contribution is 7.89. The number of rotatable bonds is 5. The molecule has 2 aromatic carbocycles. The van der Waals surface area contributed by atoms with Crippen molar-refractivity contribution in [1.29, 1.82) is 5.26 Å². The fourth-order valence-electron chi connectivity index (χ4n) is 5.87. The van der Waals surface area contributed by atoms with Crippen LogP contribution in [-0.2, 0) is 21.2 Å². The molecule has 6 rings (SSSR count). The van der Waals surface area contributed by atoms with Gasteiger partial charge in [0.25, 0.3) is 0 Å². The second-order valence-corrected chi connectivity index (χ2v) is 12.1. The molecular formula is C28H28FN5O3S. The highest BCUT2D eigenvalue weighted by atomic mass is 32.2. The first-order valence-corrected chi connectivity index (χ1v) is 14.2. The molecule has 0 bridgehead atoms. The van der Waals surface area contributed by atoms with Gasteiger partial charge in [-0.25, -0.2) is 17.5 Å². The Morgan fingerprint density at radius 1 is 1.05 bits per heavy atom. The summed E-state index contributed by atoms with van der Waals surface area (Å²) < 4.78 is 49.9. The number of nitriles is 1. The molecule has 0 radical (unpaired) electrons. The fourth-order valence-corrected chi connectivity index (χ4v) is 7.40. The van der Waals surface area contributed by atoms with Gasteiger partial charge < -0.3 is 4.74 Å². The van der Waals surface area contributed by atoms with Gasteiger partial charge in [-0.1, -0.05) is 5.57 Å². The molecule has 0 amide bonds. The van der Waals surface area contributed by atoms with Gasteiger partial charge in [0.2, 0.25) is 10.0 Å². The lowest BCUT2D eigenvalue weighted by atomic mass is 9.68. The number of nitrogens with zero attached hydrogens (tertiary/aromatic N) is 5. The topological polar surface area (TPSA) is 91.5 Å². The largest absolute Gasteiger partial charge is 0.379 e. The normalized spacial score (nSPS) is 22.3. The van der Waals surface area contributed by atoms with Crippen LogP contribution < -0.4 is 0 Å². The number of sulfonamides is 1. The maximum absolute atomic E-state index is 13.7. The van der Waals surface area contributed by atoms with Gasteiger partial charge in [0.15, 0.2) is 0 Å². The quantitative estimate of drug-likeness (QED) is 0.500. The zero-order chi connectivity index (χ0) is 26.3. The molecule has 2 aliphatic heterocycles. The van der Waals surface area contributed by atoms with Crippen LogP contribution in [0.1, 0.15) is 23.2 Å². The Morgan fingerprint density at radius 2 is 1.79 bits per heavy atom. The lowest BCUT2D eigenvalue weighted by Gasteiger charge is -2.48. The summed E-state index contributed by atoms with van der Waals surface area (Å²) in [5, 5.41) is 13.7. The van der Waals surface area contributed by atoms with Crippen LogP contribution in [0.15, 0.2) is 65.2 Å². The van der Waals surface area contributed by atoms with E-state index in [0.717, 1.165) is 36.6 Å². The number of halogens is 1. The molecule has 1 aromatic heterocycles. The summed E-state index contributed by atoms with van der Waals surface area (Å²) in [5.41, 5.74) is 4.03. The first kappa shape index (κ1) is 24.9. The molecule has 3 aromatic rings. The monoisotopic (exact) mass is 533 g/mol. The molecule has 0 saturated carbocycles. The highest BCUT2D eigenvalue weighted by Gasteiger charge is 2.47. The Labute approximate surface area is 221 Å². The molecular weight excluding hydrogens is 505 g/mol. The summed E-state index contributed by atoms with van der Waals surface area (Å²) >= 11 is 0. The van der Waals surface area contributed by atoms with Crippen molar-refractivity contribution in [1.82, 2.24) is 19.0 Å². The SMILES string of the molecule is N#Cc1ccc(S(=O)(=O)N2CCC3=Cc4c(cnn4-c4ccc(F)cc4)CC3(CN3CCOCC3)C2)cc1. The molecule has 2 fully saturated rings. The van der Waals surface area contributed by atoms with E-state index in [4.69, 9.17) is 10.00 Å². The first-order valence-electron chi connectivity index (χ1n) is 12.7. The molecule has 10 heteroatoms. The number of fused-ring (bicyclic) bond motifs is 2. The van der Waals surface area contributed by atoms with E-state index < -0.39 is 15.4 Å². The van der Waals surface area contributed by atoms with Crippen molar-refractivity contribution >= 4 is 16.1 Å². The van der Waals surface area contributed by atoms with E-state index in [9.17, 15) is 12.8 Å². The molecule has 196 valence electrons. The Kier molecular flexibility index (Phi) is 6.40. The van der Waals surface area contributed by atoms with Crippen molar-refractivity contribution < 1.29 is 17.5 Å². The van der Waals surface area contributed by atoms with E-state index in [-0.39, 0.29) is 10.7 Å². The van der Waals surface area contributed by atoms with E-state index in [2.05, 4.69) is 16.1 Å². The highest BCUT2D eigenvalue weighted by Crippen LogP contribution is 2.46. The van der Waals surface area contributed by atoms with Crippen molar-refractivity contribution in [2.75, 3.05) is 45.9 Å². The van der Waals surface area contributed by atoms with Crippen LogP contribution in [-0.4, -0.2) is 73.3 Å². The van der Waals surface area contributed by atoms with Gasteiger partial charge in [-0.3, -0.25) is 4.90 Å². The Bertz CT molecular complexity index is 1520. The summed E-state index contributed by atoms with van der Waals surface area (Å²) in [5.74, 6) is -0.298. The van der Waals surface area contributed by atoms with E-state index in [1.54, 1.807) is 28.6 Å². The predicted molar refractivity (Wildman–Crippen MR) is 139 cm³/mol. The number of aromatic nitrogens is 2.